The van der Waals surface area contributed by atoms with Gasteiger partial charge < -0.3 is 10.6 Å². The van der Waals surface area contributed by atoms with E-state index in [9.17, 15) is 9.59 Å². The predicted molar refractivity (Wildman–Crippen MR) is 124 cm³/mol. The third-order valence-corrected chi connectivity index (χ3v) is 5.82. The van der Waals surface area contributed by atoms with Crippen molar-refractivity contribution in [3.63, 3.8) is 0 Å². The molecule has 4 rings (SSSR count). The summed E-state index contributed by atoms with van der Waals surface area (Å²) in [6, 6.07) is 26.1. The molecule has 2 amide bonds. The molecule has 1 atom stereocenters. The van der Waals surface area contributed by atoms with Gasteiger partial charge in [-0.15, -0.1) is 11.3 Å². The van der Waals surface area contributed by atoms with Crippen molar-refractivity contribution in [3.8, 4) is 10.6 Å². The number of nitrogens with one attached hydrogen (secondary N) is 2. The molecule has 5 nitrogen and oxygen atoms in total. The van der Waals surface area contributed by atoms with Crippen LogP contribution in [0.2, 0.25) is 0 Å². The largest absolute Gasteiger partial charge is 0.345 e. The van der Waals surface area contributed by atoms with E-state index >= 15 is 0 Å². The average Bonchev–Trinajstić information content (AvgIpc) is 3.31. The molecule has 0 spiro atoms. The molecule has 0 aliphatic rings. The van der Waals surface area contributed by atoms with Crippen molar-refractivity contribution in [1.29, 1.82) is 0 Å². The van der Waals surface area contributed by atoms with Crippen molar-refractivity contribution in [1.82, 2.24) is 10.3 Å². The van der Waals surface area contributed by atoms with Crippen LogP contribution in [0.4, 0.5) is 5.69 Å². The Labute approximate surface area is 184 Å². The van der Waals surface area contributed by atoms with E-state index in [1.165, 1.54) is 11.3 Å². The van der Waals surface area contributed by atoms with Crippen LogP contribution >= 0.6 is 11.3 Å². The number of carbonyl (C=O) groups excluding carboxylic acids is 2. The van der Waals surface area contributed by atoms with E-state index in [1.807, 2.05) is 79.7 Å². The van der Waals surface area contributed by atoms with Crippen LogP contribution in [0, 0.1) is 0 Å². The summed E-state index contributed by atoms with van der Waals surface area (Å²) in [5.74, 6) is -0.349. The van der Waals surface area contributed by atoms with Crippen LogP contribution in [0.15, 0.2) is 91.1 Å². The molecule has 2 N–H and O–H groups in total. The molecule has 0 saturated carbocycles. The summed E-state index contributed by atoms with van der Waals surface area (Å²) in [5.41, 5.74) is 3.15. The number of anilines is 1. The van der Waals surface area contributed by atoms with Gasteiger partial charge in [0.15, 0.2) is 0 Å². The minimum Gasteiger partial charge on any atom is -0.345 e. The van der Waals surface area contributed by atoms with Crippen molar-refractivity contribution < 1.29 is 9.59 Å². The Kier molecular flexibility index (Phi) is 6.19. The van der Waals surface area contributed by atoms with Crippen LogP contribution in [-0.2, 0) is 0 Å². The van der Waals surface area contributed by atoms with Gasteiger partial charge in [0.2, 0.25) is 0 Å². The van der Waals surface area contributed by atoms with Crippen LogP contribution in [0.1, 0.15) is 38.6 Å². The van der Waals surface area contributed by atoms with Crippen molar-refractivity contribution in [2.75, 3.05) is 5.32 Å². The second-order valence-electron chi connectivity index (χ2n) is 7.04. The monoisotopic (exact) mass is 427 g/mol. The number of hydrogen-bond acceptors (Lipinski definition) is 4. The SMILES string of the molecule is CC(NC(=O)c1cnc(-c2ccccc2)s1)c1cccc(NC(=O)c2ccccc2)c1. The topological polar surface area (TPSA) is 71.1 Å². The van der Waals surface area contributed by atoms with Crippen LogP contribution in [0.5, 0.6) is 0 Å². The van der Waals surface area contributed by atoms with Gasteiger partial charge in [-0.05, 0) is 36.8 Å². The molecule has 154 valence electrons. The van der Waals surface area contributed by atoms with Gasteiger partial charge >= 0.3 is 0 Å². The summed E-state index contributed by atoms with van der Waals surface area (Å²) in [4.78, 5) is 30.0. The van der Waals surface area contributed by atoms with Crippen molar-refractivity contribution >= 4 is 28.8 Å². The first-order valence-electron chi connectivity index (χ1n) is 9.88. The fourth-order valence-electron chi connectivity index (χ4n) is 3.12. The molecule has 6 heteroatoms. The van der Waals surface area contributed by atoms with E-state index in [2.05, 4.69) is 15.6 Å². The molecule has 1 aromatic heterocycles. The summed E-state index contributed by atoms with van der Waals surface area (Å²) in [6.45, 7) is 1.91. The number of hydrogen-bond donors (Lipinski definition) is 2. The molecule has 1 heterocycles. The Morgan fingerprint density at radius 1 is 0.871 bits per heavy atom. The zero-order valence-corrected chi connectivity index (χ0v) is 17.7. The number of rotatable bonds is 6. The third kappa shape index (κ3) is 5.05. The lowest BCUT2D eigenvalue weighted by Gasteiger charge is -2.15. The van der Waals surface area contributed by atoms with Crippen molar-refractivity contribution in [2.24, 2.45) is 0 Å². The highest BCUT2D eigenvalue weighted by Crippen LogP contribution is 2.25. The van der Waals surface area contributed by atoms with E-state index in [1.54, 1.807) is 18.3 Å². The number of nitrogens with zero attached hydrogens (tertiary/aromatic N) is 1. The first-order valence-corrected chi connectivity index (χ1v) is 10.7. The number of amides is 2. The van der Waals surface area contributed by atoms with E-state index in [0.717, 1.165) is 16.1 Å². The number of aromatic nitrogens is 1. The van der Waals surface area contributed by atoms with Gasteiger partial charge in [0, 0.05) is 16.8 Å². The molecule has 0 fully saturated rings. The molecule has 31 heavy (non-hydrogen) atoms. The van der Waals surface area contributed by atoms with Gasteiger partial charge in [0.1, 0.15) is 9.88 Å². The normalized spacial score (nSPS) is 11.5. The first-order chi connectivity index (χ1) is 15.1. The molecule has 0 aliphatic carbocycles. The summed E-state index contributed by atoms with van der Waals surface area (Å²) in [7, 11) is 0. The van der Waals surface area contributed by atoms with E-state index in [-0.39, 0.29) is 17.9 Å². The highest BCUT2D eigenvalue weighted by atomic mass is 32.1. The van der Waals surface area contributed by atoms with Crippen LogP contribution in [0.25, 0.3) is 10.6 Å². The molecule has 4 aromatic rings. The fourth-order valence-corrected chi connectivity index (χ4v) is 3.95. The van der Waals surface area contributed by atoms with Crippen LogP contribution in [-0.4, -0.2) is 16.8 Å². The van der Waals surface area contributed by atoms with Gasteiger partial charge in [-0.25, -0.2) is 4.98 Å². The summed E-state index contributed by atoms with van der Waals surface area (Å²) < 4.78 is 0. The van der Waals surface area contributed by atoms with Gasteiger partial charge in [0.05, 0.1) is 12.2 Å². The Bertz CT molecular complexity index is 1190. The standard InChI is InChI=1S/C25H21N3O2S/c1-17(27-24(30)22-16-26-25(31-22)19-11-6-3-7-12-19)20-13-8-14-21(15-20)28-23(29)18-9-4-2-5-10-18/h2-17H,1H3,(H,27,30)(H,28,29). The highest BCUT2D eigenvalue weighted by molar-refractivity contribution is 7.16. The second kappa shape index (κ2) is 9.36. The van der Waals surface area contributed by atoms with Crippen LogP contribution < -0.4 is 10.6 Å². The maximum Gasteiger partial charge on any atom is 0.263 e. The maximum atomic E-state index is 12.7. The van der Waals surface area contributed by atoms with Gasteiger partial charge in [-0.1, -0.05) is 60.7 Å². The lowest BCUT2D eigenvalue weighted by Crippen LogP contribution is -2.26. The van der Waals surface area contributed by atoms with Crippen LogP contribution in [0.3, 0.4) is 0 Å². The molecule has 0 radical (unpaired) electrons. The molecule has 1 unspecified atom stereocenters. The van der Waals surface area contributed by atoms with E-state index < -0.39 is 0 Å². The summed E-state index contributed by atoms with van der Waals surface area (Å²) in [6.07, 6.45) is 1.60. The molecular weight excluding hydrogens is 406 g/mol. The lowest BCUT2D eigenvalue weighted by atomic mass is 10.1. The molecule has 3 aromatic carbocycles. The smallest absolute Gasteiger partial charge is 0.263 e. The fraction of sp³-hybridized carbons (Fsp3) is 0.0800. The molecule has 0 aliphatic heterocycles. The Hall–Kier alpha value is -3.77. The Morgan fingerprint density at radius 2 is 1.58 bits per heavy atom. The van der Waals surface area contributed by atoms with Gasteiger partial charge in [-0.3, -0.25) is 9.59 Å². The highest BCUT2D eigenvalue weighted by Gasteiger charge is 2.16. The van der Waals surface area contributed by atoms with Gasteiger partial charge in [-0.2, -0.15) is 0 Å². The number of benzene rings is 3. The lowest BCUT2D eigenvalue weighted by molar-refractivity contribution is 0.0942. The second-order valence-corrected chi connectivity index (χ2v) is 8.07. The summed E-state index contributed by atoms with van der Waals surface area (Å²) in [5, 5.41) is 6.72. The first kappa shape index (κ1) is 20.5. The quantitative estimate of drug-likeness (QED) is 0.424. The molecule has 0 saturated heterocycles. The minimum absolute atomic E-state index is 0.174. The zero-order valence-electron chi connectivity index (χ0n) is 16.9. The third-order valence-electron chi connectivity index (χ3n) is 4.78. The van der Waals surface area contributed by atoms with Gasteiger partial charge in [0.25, 0.3) is 11.8 Å². The Balaban J connectivity index is 1.42. The zero-order chi connectivity index (χ0) is 21.6. The summed E-state index contributed by atoms with van der Waals surface area (Å²) >= 11 is 1.36. The number of thiazole rings is 1. The van der Waals surface area contributed by atoms with Crippen molar-refractivity contribution in [2.45, 2.75) is 13.0 Å². The number of carbonyl (C=O) groups is 2. The minimum atomic E-state index is -0.233. The van der Waals surface area contributed by atoms with E-state index in [0.29, 0.717) is 16.1 Å². The molecule has 0 bridgehead atoms. The van der Waals surface area contributed by atoms with E-state index in [4.69, 9.17) is 0 Å². The maximum absolute atomic E-state index is 12.7. The Morgan fingerprint density at radius 3 is 2.32 bits per heavy atom. The average molecular weight is 428 g/mol. The van der Waals surface area contributed by atoms with Crippen molar-refractivity contribution in [3.05, 3.63) is 107 Å². The molecular formula is C25H21N3O2S. The predicted octanol–water partition coefficient (Wildman–Crippen LogP) is 5.55.